The molecule has 1 aromatic rings. The minimum Gasteiger partial charge on any atom is -0.468 e. The van der Waals surface area contributed by atoms with Gasteiger partial charge in [0.2, 0.25) is 0 Å². The van der Waals surface area contributed by atoms with Gasteiger partial charge in [0.1, 0.15) is 18.7 Å². The Labute approximate surface area is 95.0 Å². The van der Waals surface area contributed by atoms with Crippen molar-refractivity contribution in [2.75, 3.05) is 13.7 Å². The van der Waals surface area contributed by atoms with Gasteiger partial charge in [0, 0.05) is 0 Å². The van der Waals surface area contributed by atoms with Crippen molar-refractivity contribution >= 4 is 5.97 Å². The second kappa shape index (κ2) is 6.22. The summed E-state index contributed by atoms with van der Waals surface area (Å²) in [5.74, 6) is -0.281. The third kappa shape index (κ3) is 3.03. The van der Waals surface area contributed by atoms with Gasteiger partial charge in [-0.2, -0.15) is 5.10 Å². The van der Waals surface area contributed by atoms with Crippen LogP contribution in [0.4, 0.5) is 0 Å². The Hall–Kier alpha value is -1.43. The van der Waals surface area contributed by atoms with E-state index in [1.807, 2.05) is 13.8 Å². The molecule has 90 valence electrons. The SMILES string of the molecule is CCCNC(C(=O)OC)C(C)n1cncn1. The van der Waals surface area contributed by atoms with E-state index in [4.69, 9.17) is 4.74 Å². The zero-order chi connectivity index (χ0) is 12.0. The molecule has 1 rings (SSSR count). The molecule has 0 saturated heterocycles. The fourth-order valence-corrected chi connectivity index (χ4v) is 1.46. The molecular formula is C10H18N4O2. The Morgan fingerprint density at radius 3 is 2.88 bits per heavy atom. The molecule has 0 amide bonds. The summed E-state index contributed by atoms with van der Waals surface area (Å²) in [4.78, 5) is 15.5. The Morgan fingerprint density at radius 2 is 2.38 bits per heavy atom. The Balaban J connectivity index is 2.71. The lowest BCUT2D eigenvalue weighted by molar-refractivity contribution is -0.144. The maximum atomic E-state index is 11.6. The van der Waals surface area contributed by atoms with E-state index >= 15 is 0 Å². The van der Waals surface area contributed by atoms with Crippen LogP contribution in [0.2, 0.25) is 0 Å². The monoisotopic (exact) mass is 226 g/mol. The fraction of sp³-hybridized carbons (Fsp3) is 0.700. The standard InChI is InChI=1S/C10H18N4O2/c1-4-5-12-9(10(15)16-3)8(2)14-7-11-6-13-14/h6-9,12H,4-5H2,1-3H3. The van der Waals surface area contributed by atoms with E-state index in [1.54, 1.807) is 11.0 Å². The number of rotatable bonds is 6. The van der Waals surface area contributed by atoms with Crippen LogP contribution in [0, 0.1) is 0 Å². The summed E-state index contributed by atoms with van der Waals surface area (Å²) in [7, 11) is 1.39. The van der Waals surface area contributed by atoms with E-state index in [0.29, 0.717) is 0 Å². The van der Waals surface area contributed by atoms with Crippen molar-refractivity contribution in [2.45, 2.75) is 32.4 Å². The van der Waals surface area contributed by atoms with Gasteiger partial charge in [-0.15, -0.1) is 0 Å². The molecule has 16 heavy (non-hydrogen) atoms. The summed E-state index contributed by atoms with van der Waals surface area (Å²) in [6.45, 7) is 4.71. The van der Waals surface area contributed by atoms with Crippen LogP contribution in [0.3, 0.4) is 0 Å². The van der Waals surface area contributed by atoms with Crippen LogP contribution in [0.25, 0.3) is 0 Å². The Bertz CT molecular complexity index is 313. The number of nitrogens with zero attached hydrogens (tertiary/aromatic N) is 3. The van der Waals surface area contributed by atoms with E-state index in [9.17, 15) is 4.79 Å². The predicted octanol–water partition coefficient (Wildman–Crippen LogP) is 0.380. The molecule has 1 aromatic heterocycles. The highest BCUT2D eigenvalue weighted by Gasteiger charge is 2.26. The lowest BCUT2D eigenvalue weighted by atomic mass is 10.1. The van der Waals surface area contributed by atoms with Crippen molar-refractivity contribution in [3.05, 3.63) is 12.7 Å². The average Bonchev–Trinajstić information content (AvgIpc) is 2.82. The summed E-state index contributed by atoms with van der Waals surface area (Å²) >= 11 is 0. The quantitative estimate of drug-likeness (QED) is 0.710. The van der Waals surface area contributed by atoms with Crippen LogP contribution < -0.4 is 5.32 Å². The van der Waals surface area contributed by atoms with Gasteiger partial charge in [-0.1, -0.05) is 6.92 Å². The number of methoxy groups -OCH3 is 1. The zero-order valence-electron chi connectivity index (χ0n) is 9.88. The van der Waals surface area contributed by atoms with E-state index in [0.717, 1.165) is 13.0 Å². The van der Waals surface area contributed by atoms with Gasteiger partial charge in [-0.05, 0) is 19.9 Å². The topological polar surface area (TPSA) is 69.0 Å². The summed E-state index contributed by atoms with van der Waals surface area (Å²) in [5, 5.41) is 7.16. The fourth-order valence-electron chi connectivity index (χ4n) is 1.46. The average molecular weight is 226 g/mol. The lowest BCUT2D eigenvalue weighted by Crippen LogP contribution is -2.44. The van der Waals surface area contributed by atoms with Crippen molar-refractivity contribution in [3.63, 3.8) is 0 Å². The molecular weight excluding hydrogens is 208 g/mol. The van der Waals surface area contributed by atoms with Crippen LogP contribution in [0.5, 0.6) is 0 Å². The smallest absolute Gasteiger partial charge is 0.325 e. The first-order valence-corrected chi connectivity index (χ1v) is 5.36. The third-order valence-corrected chi connectivity index (χ3v) is 2.41. The van der Waals surface area contributed by atoms with Gasteiger partial charge in [-0.3, -0.25) is 4.79 Å². The molecule has 0 aromatic carbocycles. The van der Waals surface area contributed by atoms with Crippen LogP contribution in [0.1, 0.15) is 26.3 Å². The molecule has 2 unspecified atom stereocenters. The number of nitrogens with one attached hydrogen (secondary N) is 1. The summed E-state index contributed by atoms with van der Waals surface area (Å²) in [6.07, 6.45) is 4.00. The molecule has 0 spiro atoms. The first-order valence-electron chi connectivity index (χ1n) is 5.36. The first-order chi connectivity index (χ1) is 7.70. The van der Waals surface area contributed by atoms with Crippen molar-refractivity contribution in [3.8, 4) is 0 Å². The summed E-state index contributed by atoms with van der Waals surface area (Å²) in [5.41, 5.74) is 0. The summed E-state index contributed by atoms with van der Waals surface area (Å²) in [6, 6.07) is -0.520. The lowest BCUT2D eigenvalue weighted by Gasteiger charge is -2.22. The van der Waals surface area contributed by atoms with Gasteiger partial charge in [0.25, 0.3) is 0 Å². The number of aromatic nitrogens is 3. The molecule has 0 radical (unpaired) electrons. The molecule has 0 aliphatic carbocycles. The van der Waals surface area contributed by atoms with Gasteiger partial charge in [0.15, 0.2) is 0 Å². The normalized spacial score (nSPS) is 14.4. The minimum atomic E-state index is -0.397. The molecule has 6 heteroatoms. The number of hydrogen-bond donors (Lipinski definition) is 1. The number of carbonyl (C=O) groups is 1. The van der Waals surface area contributed by atoms with Gasteiger partial charge in [0.05, 0.1) is 13.2 Å². The van der Waals surface area contributed by atoms with Crippen LogP contribution in [-0.2, 0) is 9.53 Å². The highest BCUT2D eigenvalue weighted by atomic mass is 16.5. The molecule has 1 heterocycles. The molecule has 0 bridgehead atoms. The van der Waals surface area contributed by atoms with Gasteiger partial charge >= 0.3 is 5.97 Å². The molecule has 2 atom stereocenters. The van der Waals surface area contributed by atoms with E-state index in [1.165, 1.54) is 13.4 Å². The third-order valence-electron chi connectivity index (χ3n) is 2.41. The zero-order valence-corrected chi connectivity index (χ0v) is 9.88. The highest BCUT2D eigenvalue weighted by molar-refractivity contribution is 5.76. The molecule has 1 N–H and O–H groups in total. The molecule has 6 nitrogen and oxygen atoms in total. The van der Waals surface area contributed by atoms with E-state index in [2.05, 4.69) is 15.4 Å². The molecule has 0 saturated carbocycles. The van der Waals surface area contributed by atoms with Crippen molar-refractivity contribution in [1.82, 2.24) is 20.1 Å². The van der Waals surface area contributed by atoms with Crippen LogP contribution in [-0.4, -0.2) is 40.4 Å². The highest BCUT2D eigenvalue weighted by Crippen LogP contribution is 2.10. The largest absolute Gasteiger partial charge is 0.468 e. The molecule has 0 fully saturated rings. The molecule has 0 aliphatic heterocycles. The van der Waals surface area contributed by atoms with Crippen LogP contribution in [0.15, 0.2) is 12.7 Å². The van der Waals surface area contributed by atoms with Crippen molar-refractivity contribution < 1.29 is 9.53 Å². The maximum absolute atomic E-state index is 11.6. The second-order valence-electron chi connectivity index (χ2n) is 3.57. The van der Waals surface area contributed by atoms with Gasteiger partial charge in [-0.25, -0.2) is 9.67 Å². The number of ether oxygens (including phenoxy) is 1. The van der Waals surface area contributed by atoms with E-state index < -0.39 is 6.04 Å². The Morgan fingerprint density at radius 1 is 1.62 bits per heavy atom. The number of hydrogen-bond acceptors (Lipinski definition) is 5. The van der Waals surface area contributed by atoms with Crippen molar-refractivity contribution in [1.29, 1.82) is 0 Å². The number of carbonyl (C=O) groups excluding carboxylic acids is 1. The second-order valence-corrected chi connectivity index (χ2v) is 3.57. The van der Waals surface area contributed by atoms with Gasteiger partial charge < -0.3 is 10.1 Å². The minimum absolute atomic E-state index is 0.124. The Kier molecular flexibility index (Phi) is 4.91. The maximum Gasteiger partial charge on any atom is 0.325 e. The predicted molar refractivity (Wildman–Crippen MR) is 58.8 cm³/mol. The van der Waals surface area contributed by atoms with Crippen molar-refractivity contribution in [2.24, 2.45) is 0 Å². The first kappa shape index (κ1) is 12.6. The number of esters is 1. The summed E-state index contributed by atoms with van der Waals surface area (Å²) < 4.78 is 6.41. The van der Waals surface area contributed by atoms with Crippen LogP contribution >= 0.6 is 0 Å². The van der Waals surface area contributed by atoms with E-state index in [-0.39, 0.29) is 12.0 Å². The molecule has 0 aliphatic rings.